The van der Waals surface area contributed by atoms with Gasteiger partial charge in [-0.1, -0.05) is 82.7 Å². The Morgan fingerprint density at radius 3 is 2.14 bits per heavy atom. The van der Waals surface area contributed by atoms with E-state index in [-0.39, 0.29) is 11.6 Å². The number of benzene rings is 4. The van der Waals surface area contributed by atoms with Crippen LogP contribution in [0.15, 0.2) is 108 Å². The summed E-state index contributed by atoms with van der Waals surface area (Å²) in [5, 5.41) is 10.5. The maximum Gasteiger partial charge on any atom is 0.335 e. The second-order valence-corrected chi connectivity index (χ2v) is 9.37. The quantitative estimate of drug-likeness (QED) is 0.242. The van der Waals surface area contributed by atoms with E-state index in [4.69, 9.17) is 4.74 Å². The van der Waals surface area contributed by atoms with Crippen molar-refractivity contribution < 1.29 is 14.6 Å². The van der Waals surface area contributed by atoms with Crippen LogP contribution in [0.25, 0.3) is 10.9 Å². The van der Waals surface area contributed by atoms with Crippen molar-refractivity contribution in [2.45, 2.75) is 12.5 Å². The van der Waals surface area contributed by atoms with Crippen LogP contribution in [0.5, 0.6) is 5.75 Å². The van der Waals surface area contributed by atoms with Gasteiger partial charge < -0.3 is 14.4 Å². The predicted molar refractivity (Wildman–Crippen MR) is 143 cm³/mol. The van der Waals surface area contributed by atoms with E-state index in [1.807, 2.05) is 18.2 Å². The van der Waals surface area contributed by atoms with Crippen LogP contribution in [0, 0.1) is 0 Å². The molecule has 174 valence electrons. The van der Waals surface area contributed by atoms with Crippen LogP contribution in [-0.2, 0) is 6.42 Å². The minimum atomic E-state index is -0.969. The van der Waals surface area contributed by atoms with Crippen molar-refractivity contribution in [3.8, 4) is 5.75 Å². The first-order valence-corrected chi connectivity index (χ1v) is 12.1. The van der Waals surface area contributed by atoms with Gasteiger partial charge in [-0.3, -0.25) is 0 Å². The first-order valence-electron chi connectivity index (χ1n) is 11.3. The molecule has 0 saturated heterocycles. The fraction of sp³-hybridized carbons (Fsp3) is 0.100. The minimum Gasteiger partial charge on any atom is -0.496 e. The van der Waals surface area contributed by atoms with E-state index in [0.717, 1.165) is 26.5 Å². The molecule has 0 amide bonds. The number of fused-ring (bicyclic) bond motifs is 1. The molecule has 4 nitrogen and oxygen atoms in total. The molecule has 1 N–H and O–H groups in total. The van der Waals surface area contributed by atoms with Crippen molar-refractivity contribution in [3.63, 3.8) is 0 Å². The number of rotatable bonds is 7. The second-order valence-electron chi connectivity index (χ2n) is 8.46. The molecule has 1 heterocycles. The fourth-order valence-electron chi connectivity index (χ4n) is 4.67. The number of carboxylic acids is 1. The third-order valence-corrected chi connectivity index (χ3v) is 6.79. The van der Waals surface area contributed by atoms with Gasteiger partial charge in [-0.2, -0.15) is 0 Å². The molecule has 0 atom stereocenters. The van der Waals surface area contributed by atoms with E-state index < -0.39 is 5.97 Å². The van der Waals surface area contributed by atoms with Crippen molar-refractivity contribution >= 4 is 32.8 Å². The van der Waals surface area contributed by atoms with Crippen molar-refractivity contribution in [1.82, 2.24) is 4.57 Å². The summed E-state index contributed by atoms with van der Waals surface area (Å²) in [7, 11) is 1.57. The Bertz CT molecular complexity index is 1450. The lowest BCUT2D eigenvalue weighted by Gasteiger charge is -2.21. The highest BCUT2D eigenvalue weighted by molar-refractivity contribution is 9.10. The maximum absolute atomic E-state index is 11.4. The number of aromatic nitrogens is 1. The van der Waals surface area contributed by atoms with Gasteiger partial charge in [0.05, 0.1) is 18.7 Å². The predicted octanol–water partition coefficient (Wildman–Crippen LogP) is 7.34. The average molecular weight is 526 g/mol. The zero-order chi connectivity index (χ0) is 24.4. The Labute approximate surface area is 212 Å². The monoisotopic (exact) mass is 525 g/mol. The molecular weight excluding hydrogens is 502 g/mol. The first kappa shape index (κ1) is 22.9. The average Bonchev–Trinajstić information content (AvgIpc) is 3.22. The largest absolute Gasteiger partial charge is 0.496 e. The summed E-state index contributed by atoms with van der Waals surface area (Å²) >= 11 is 3.64. The summed E-state index contributed by atoms with van der Waals surface area (Å²) in [6, 6.07) is 32.4. The molecule has 0 fully saturated rings. The van der Waals surface area contributed by atoms with Gasteiger partial charge in [0.25, 0.3) is 0 Å². The summed E-state index contributed by atoms with van der Waals surface area (Å²) in [5.41, 5.74) is 5.82. The Hall–Kier alpha value is -3.83. The molecule has 0 unspecified atom stereocenters. The highest BCUT2D eigenvalue weighted by Crippen LogP contribution is 2.36. The number of hydrogen-bond donors (Lipinski definition) is 1. The van der Waals surface area contributed by atoms with Gasteiger partial charge in [-0.05, 0) is 52.6 Å². The number of hydrogen-bond acceptors (Lipinski definition) is 2. The zero-order valence-electron chi connectivity index (χ0n) is 19.2. The maximum atomic E-state index is 11.4. The molecular formula is C30H24BrNO3. The number of ether oxygens (including phenoxy) is 1. The molecule has 0 spiro atoms. The normalized spacial score (nSPS) is 11.2. The number of halogens is 1. The molecule has 5 aromatic rings. The van der Waals surface area contributed by atoms with Gasteiger partial charge in [0.15, 0.2) is 0 Å². The third-order valence-electron chi connectivity index (χ3n) is 6.30. The van der Waals surface area contributed by atoms with Gasteiger partial charge in [-0.25, -0.2) is 4.79 Å². The lowest BCUT2D eigenvalue weighted by molar-refractivity contribution is 0.0696. The standard InChI is InChI=1S/C30H24BrNO3/c1-35-28-17-23(30(33)34)13-12-22(28)16-24-19-32(27-15-14-25(31)18-26(24)27)29(20-8-4-2-5-9-20)21-10-6-3-7-11-21/h2-15,17-19,29H,16H2,1H3,(H,33,34). The van der Waals surface area contributed by atoms with E-state index in [2.05, 4.69) is 93.4 Å². The number of carboxylic acid groups (broad SMARTS) is 1. The molecule has 35 heavy (non-hydrogen) atoms. The SMILES string of the molecule is COc1cc(C(=O)O)ccc1Cc1cn(C(c2ccccc2)c2ccccc2)c2ccc(Br)cc12. The molecule has 0 aliphatic heterocycles. The van der Waals surface area contributed by atoms with Gasteiger partial charge >= 0.3 is 5.97 Å². The Morgan fingerprint density at radius 2 is 1.54 bits per heavy atom. The lowest BCUT2D eigenvalue weighted by atomic mass is 9.98. The van der Waals surface area contributed by atoms with Crippen molar-refractivity contribution in [2.75, 3.05) is 7.11 Å². The number of aromatic carboxylic acids is 1. The molecule has 0 aliphatic rings. The molecule has 0 radical (unpaired) electrons. The molecule has 4 aromatic carbocycles. The van der Waals surface area contributed by atoms with Gasteiger partial charge in [-0.15, -0.1) is 0 Å². The third kappa shape index (κ3) is 4.60. The Kier molecular flexibility index (Phi) is 6.43. The number of nitrogens with zero attached hydrogens (tertiary/aromatic N) is 1. The minimum absolute atomic E-state index is 0.00566. The van der Waals surface area contributed by atoms with E-state index in [1.54, 1.807) is 19.2 Å². The second kappa shape index (κ2) is 9.80. The molecule has 5 rings (SSSR count). The Balaban J connectivity index is 1.68. The topological polar surface area (TPSA) is 51.5 Å². The van der Waals surface area contributed by atoms with Crippen molar-refractivity contribution in [3.05, 3.63) is 136 Å². The number of methoxy groups -OCH3 is 1. The summed E-state index contributed by atoms with van der Waals surface area (Å²) in [6.45, 7) is 0. The zero-order valence-corrected chi connectivity index (χ0v) is 20.8. The fourth-order valence-corrected chi connectivity index (χ4v) is 5.03. The van der Waals surface area contributed by atoms with E-state index in [0.29, 0.717) is 12.2 Å². The summed E-state index contributed by atoms with van der Waals surface area (Å²) in [4.78, 5) is 11.4. The number of carbonyl (C=O) groups is 1. The smallest absolute Gasteiger partial charge is 0.335 e. The molecule has 0 saturated carbocycles. The highest BCUT2D eigenvalue weighted by Gasteiger charge is 2.21. The van der Waals surface area contributed by atoms with Gasteiger partial charge in [0, 0.05) is 28.0 Å². The van der Waals surface area contributed by atoms with Crippen molar-refractivity contribution in [2.24, 2.45) is 0 Å². The summed E-state index contributed by atoms with van der Waals surface area (Å²) in [5.74, 6) is -0.396. The van der Waals surface area contributed by atoms with Gasteiger partial charge in [0.2, 0.25) is 0 Å². The molecule has 0 aliphatic carbocycles. The first-order chi connectivity index (χ1) is 17.0. The molecule has 5 heteroatoms. The van der Waals surface area contributed by atoms with E-state index in [1.165, 1.54) is 11.1 Å². The lowest BCUT2D eigenvalue weighted by Crippen LogP contribution is -2.11. The van der Waals surface area contributed by atoms with Crippen LogP contribution in [0.1, 0.15) is 38.7 Å². The summed E-state index contributed by atoms with van der Waals surface area (Å²) in [6.07, 6.45) is 2.83. The molecule has 0 bridgehead atoms. The van der Waals surface area contributed by atoms with Crippen molar-refractivity contribution in [1.29, 1.82) is 0 Å². The van der Waals surface area contributed by atoms with Crippen LogP contribution in [0.4, 0.5) is 0 Å². The van der Waals surface area contributed by atoms with E-state index >= 15 is 0 Å². The van der Waals surface area contributed by atoms with E-state index in [9.17, 15) is 9.90 Å². The van der Waals surface area contributed by atoms with Crippen LogP contribution < -0.4 is 4.74 Å². The van der Waals surface area contributed by atoms with Crippen LogP contribution in [0.3, 0.4) is 0 Å². The van der Waals surface area contributed by atoms with Gasteiger partial charge in [0.1, 0.15) is 5.75 Å². The summed E-state index contributed by atoms with van der Waals surface area (Å²) < 4.78 is 8.90. The molecule has 1 aromatic heterocycles. The van der Waals surface area contributed by atoms with Crippen LogP contribution in [0.2, 0.25) is 0 Å². The van der Waals surface area contributed by atoms with Crippen LogP contribution in [-0.4, -0.2) is 22.8 Å². The van der Waals surface area contributed by atoms with Crippen LogP contribution >= 0.6 is 15.9 Å². The Morgan fingerprint density at radius 1 is 0.886 bits per heavy atom. The highest BCUT2D eigenvalue weighted by atomic mass is 79.9.